The van der Waals surface area contributed by atoms with Gasteiger partial charge in [-0.1, -0.05) is 12.1 Å². The Morgan fingerprint density at radius 3 is 2.51 bits per heavy atom. The number of H-pyrrole nitrogens is 1. The summed E-state index contributed by atoms with van der Waals surface area (Å²) >= 11 is 0. The summed E-state index contributed by atoms with van der Waals surface area (Å²) in [7, 11) is 1.72. The SMILES string of the molecule is COc1ccc(CN2CCN(C3CC4(CCN(c5ccc(NC=O)c(Oc6cnc7[nH]ccc7c6)c5)CC4)C3)CC2)cc1. The molecule has 9 nitrogen and oxygen atoms in total. The zero-order valence-corrected chi connectivity index (χ0v) is 24.8. The summed E-state index contributed by atoms with van der Waals surface area (Å²) in [6, 6.07) is 19.2. The van der Waals surface area contributed by atoms with Crippen LogP contribution in [0, 0.1) is 5.41 Å². The number of pyridine rings is 1. The van der Waals surface area contributed by atoms with Crippen LogP contribution in [-0.4, -0.2) is 78.6 Å². The van der Waals surface area contributed by atoms with Gasteiger partial charge in [-0.25, -0.2) is 4.98 Å². The standard InChI is InChI=1S/C34H40N6O3/c1-42-29-5-2-25(3-6-29)23-38-14-16-40(17-15-38)28-20-34(21-28)9-12-39(13-10-34)27-4-7-31(37-24-41)32(19-27)43-30-18-26-8-11-35-33(26)36-22-30/h2-8,11,18-19,22,24,28H,9-10,12-17,20-21,23H2,1H3,(H,35,36)(H,37,41). The minimum Gasteiger partial charge on any atom is -0.497 e. The molecule has 1 amide bonds. The Kier molecular flexibility index (Phi) is 7.67. The molecule has 3 aliphatic rings. The number of aromatic amines is 1. The van der Waals surface area contributed by atoms with Gasteiger partial charge in [0.15, 0.2) is 5.75 Å². The molecule has 7 rings (SSSR count). The Morgan fingerprint density at radius 2 is 1.77 bits per heavy atom. The zero-order chi connectivity index (χ0) is 29.2. The van der Waals surface area contributed by atoms with Crippen LogP contribution in [0.5, 0.6) is 17.2 Å². The topological polar surface area (TPSA) is 86.0 Å². The van der Waals surface area contributed by atoms with Crippen LogP contribution in [0.1, 0.15) is 31.2 Å². The van der Waals surface area contributed by atoms with E-state index in [1.165, 1.54) is 44.3 Å². The number of amides is 1. The van der Waals surface area contributed by atoms with Gasteiger partial charge in [0, 0.05) is 75.2 Å². The van der Waals surface area contributed by atoms with Crippen LogP contribution in [0.15, 0.2) is 67.0 Å². The van der Waals surface area contributed by atoms with E-state index in [0.29, 0.717) is 29.0 Å². The largest absolute Gasteiger partial charge is 0.497 e. The van der Waals surface area contributed by atoms with E-state index in [1.54, 1.807) is 13.3 Å². The summed E-state index contributed by atoms with van der Waals surface area (Å²) in [5.41, 5.74) is 4.43. The fraction of sp³-hybridized carbons (Fsp3) is 0.412. The summed E-state index contributed by atoms with van der Waals surface area (Å²) in [6.45, 7) is 7.70. The molecule has 2 aromatic carbocycles. The van der Waals surface area contributed by atoms with Crippen molar-refractivity contribution >= 4 is 28.8 Å². The summed E-state index contributed by atoms with van der Waals surface area (Å²) in [5, 5.41) is 3.76. The number of ether oxygens (including phenoxy) is 2. The number of methoxy groups -OCH3 is 1. The number of piperidine rings is 1. The van der Waals surface area contributed by atoms with Crippen molar-refractivity contribution in [3.8, 4) is 17.2 Å². The van der Waals surface area contributed by atoms with E-state index in [-0.39, 0.29) is 0 Å². The van der Waals surface area contributed by atoms with Crippen molar-refractivity contribution < 1.29 is 14.3 Å². The van der Waals surface area contributed by atoms with Gasteiger partial charge in [-0.3, -0.25) is 14.6 Å². The van der Waals surface area contributed by atoms with Gasteiger partial charge in [-0.15, -0.1) is 0 Å². The Bertz CT molecular complexity index is 1550. The highest BCUT2D eigenvalue weighted by atomic mass is 16.5. The first-order valence-corrected chi connectivity index (χ1v) is 15.4. The second kappa shape index (κ2) is 11.9. The molecule has 224 valence electrons. The summed E-state index contributed by atoms with van der Waals surface area (Å²) < 4.78 is 11.5. The maximum Gasteiger partial charge on any atom is 0.211 e. The highest BCUT2D eigenvalue weighted by molar-refractivity contribution is 5.79. The number of hydrogen-bond acceptors (Lipinski definition) is 7. The van der Waals surface area contributed by atoms with Crippen LogP contribution in [0.25, 0.3) is 11.0 Å². The molecule has 1 saturated carbocycles. The molecule has 0 atom stereocenters. The predicted molar refractivity (Wildman–Crippen MR) is 169 cm³/mol. The molecule has 2 saturated heterocycles. The molecule has 3 fully saturated rings. The smallest absolute Gasteiger partial charge is 0.211 e. The highest BCUT2D eigenvalue weighted by Gasteiger charge is 2.48. The molecular weight excluding hydrogens is 540 g/mol. The van der Waals surface area contributed by atoms with Gasteiger partial charge in [0.1, 0.15) is 17.1 Å². The summed E-state index contributed by atoms with van der Waals surface area (Å²) in [4.78, 5) is 26.6. The molecule has 0 bridgehead atoms. The van der Waals surface area contributed by atoms with Crippen LogP contribution < -0.4 is 19.7 Å². The quantitative estimate of drug-likeness (QED) is 0.253. The lowest BCUT2D eigenvalue weighted by molar-refractivity contribution is -0.105. The van der Waals surface area contributed by atoms with E-state index < -0.39 is 0 Å². The fourth-order valence-corrected chi connectivity index (χ4v) is 7.20. The molecule has 0 radical (unpaired) electrons. The van der Waals surface area contributed by atoms with Crippen molar-refractivity contribution in [1.82, 2.24) is 19.8 Å². The van der Waals surface area contributed by atoms with E-state index in [4.69, 9.17) is 9.47 Å². The molecule has 2 aromatic heterocycles. The Labute approximate surface area is 252 Å². The van der Waals surface area contributed by atoms with Crippen LogP contribution in [0.4, 0.5) is 11.4 Å². The van der Waals surface area contributed by atoms with Gasteiger partial charge in [-0.2, -0.15) is 0 Å². The number of aromatic nitrogens is 2. The molecule has 1 spiro atoms. The lowest BCUT2D eigenvalue weighted by Gasteiger charge is -2.56. The van der Waals surface area contributed by atoms with Crippen molar-refractivity contribution in [2.75, 3.05) is 56.6 Å². The third kappa shape index (κ3) is 5.92. The summed E-state index contributed by atoms with van der Waals surface area (Å²) in [6.07, 6.45) is 9.34. The minimum atomic E-state index is 0.484. The lowest BCUT2D eigenvalue weighted by Crippen LogP contribution is -2.59. The average molecular weight is 581 g/mol. The van der Waals surface area contributed by atoms with Crippen molar-refractivity contribution in [2.45, 2.75) is 38.3 Å². The fourth-order valence-electron chi connectivity index (χ4n) is 7.20. The van der Waals surface area contributed by atoms with Crippen molar-refractivity contribution in [1.29, 1.82) is 0 Å². The summed E-state index contributed by atoms with van der Waals surface area (Å²) in [5.74, 6) is 2.18. The lowest BCUT2D eigenvalue weighted by atomic mass is 9.60. The second-order valence-electron chi connectivity index (χ2n) is 12.3. The Morgan fingerprint density at radius 1 is 0.977 bits per heavy atom. The first-order valence-electron chi connectivity index (χ1n) is 15.4. The van der Waals surface area contributed by atoms with E-state index in [2.05, 4.69) is 60.3 Å². The number of piperazine rings is 1. The third-order valence-electron chi connectivity index (χ3n) is 9.80. The van der Waals surface area contributed by atoms with Crippen LogP contribution in [0.3, 0.4) is 0 Å². The maximum absolute atomic E-state index is 11.3. The first-order chi connectivity index (χ1) is 21.1. The van der Waals surface area contributed by atoms with Crippen LogP contribution >= 0.6 is 0 Å². The number of nitrogens with zero attached hydrogens (tertiary/aromatic N) is 4. The van der Waals surface area contributed by atoms with Gasteiger partial charge >= 0.3 is 0 Å². The molecule has 9 heteroatoms. The maximum atomic E-state index is 11.3. The highest BCUT2D eigenvalue weighted by Crippen LogP contribution is 2.51. The van der Waals surface area contributed by atoms with Gasteiger partial charge in [0.2, 0.25) is 6.41 Å². The molecule has 0 unspecified atom stereocenters. The minimum absolute atomic E-state index is 0.484. The Balaban J connectivity index is 0.917. The molecule has 2 N–H and O–H groups in total. The molecule has 4 aromatic rings. The second-order valence-corrected chi connectivity index (χ2v) is 12.3. The van der Waals surface area contributed by atoms with E-state index in [0.717, 1.165) is 61.2 Å². The first kappa shape index (κ1) is 27.7. The predicted octanol–water partition coefficient (Wildman–Crippen LogP) is 5.50. The number of anilines is 2. The van der Waals surface area contributed by atoms with Gasteiger partial charge < -0.3 is 24.7 Å². The van der Waals surface area contributed by atoms with Crippen LogP contribution in [-0.2, 0) is 11.3 Å². The number of benzene rings is 2. The van der Waals surface area contributed by atoms with Crippen LogP contribution in [0.2, 0.25) is 0 Å². The number of carbonyl (C=O) groups is 1. The molecule has 1 aliphatic carbocycles. The number of fused-ring (bicyclic) bond motifs is 1. The van der Waals surface area contributed by atoms with Crippen molar-refractivity contribution in [2.24, 2.45) is 5.41 Å². The van der Waals surface area contributed by atoms with Gasteiger partial charge in [0.25, 0.3) is 0 Å². The molecule has 2 aliphatic heterocycles. The monoisotopic (exact) mass is 580 g/mol. The number of hydrogen-bond donors (Lipinski definition) is 2. The van der Waals surface area contributed by atoms with Crippen molar-refractivity contribution in [3.05, 3.63) is 72.6 Å². The molecule has 4 heterocycles. The van der Waals surface area contributed by atoms with E-state index in [9.17, 15) is 4.79 Å². The number of carbonyl (C=O) groups excluding carboxylic acids is 1. The molecular formula is C34H40N6O3. The average Bonchev–Trinajstić information content (AvgIpc) is 3.50. The van der Waals surface area contributed by atoms with Gasteiger partial charge in [-0.05, 0) is 73.1 Å². The van der Waals surface area contributed by atoms with Gasteiger partial charge in [0.05, 0.1) is 19.0 Å². The van der Waals surface area contributed by atoms with E-state index >= 15 is 0 Å². The number of nitrogens with one attached hydrogen (secondary N) is 2. The van der Waals surface area contributed by atoms with Crippen molar-refractivity contribution in [3.63, 3.8) is 0 Å². The molecule has 43 heavy (non-hydrogen) atoms. The normalized spacial score (nSPS) is 19.3. The Hall–Kier alpha value is -4.08. The zero-order valence-electron chi connectivity index (χ0n) is 24.8. The number of rotatable bonds is 9. The van der Waals surface area contributed by atoms with E-state index in [1.807, 2.05) is 30.5 Å². The third-order valence-corrected chi connectivity index (χ3v) is 9.80.